The summed E-state index contributed by atoms with van der Waals surface area (Å²) in [4.78, 5) is 4.22. The van der Waals surface area contributed by atoms with Crippen LogP contribution in [0.15, 0.2) is 5.38 Å². The molecule has 3 N–H and O–H groups in total. The molecule has 0 saturated carbocycles. The summed E-state index contributed by atoms with van der Waals surface area (Å²) in [5.74, 6) is -0.0754. The van der Waals surface area contributed by atoms with Gasteiger partial charge in [-0.1, -0.05) is 6.92 Å². The van der Waals surface area contributed by atoms with Crippen LogP contribution in [0.2, 0.25) is 0 Å². The third kappa shape index (κ3) is 4.03. The van der Waals surface area contributed by atoms with Gasteiger partial charge >= 0.3 is 0 Å². The fraction of sp³-hybridized carbons (Fsp3) is 0.571. The number of aryl methyl sites for hydroxylation is 1. The lowest BCUT2D eigenvalue weighted by molar-refractivity contribution is 0.598. The summed E-state index contributed by atoms with van der Waals surface area (Å²) in [5, 5.41) is 10.4. The van der Waals surface area contributed by atoms with Crippen molar-refractivity contribution in [1.82, 2.24) is 4.98 Å². The Morgan fingerprint density at radius 2 is 2.36 bits per heavy atom. The minimum atomic E-state index is -3.38. The van der Waals surface area contributed by atoms with E-state index in [1.54, 1.807) is 0 Å². The number of rotatable bonds is 5. The van der Waals surface area contributed by atoms with Gasteiger partial charge in [0.15, 0.2) is 5.13 Å². The Labute approximate surface area is 87.4 Å². The summed E-state index contributed by atoms with van der Waals surface area (Å²) in [6, 6.07) is 0. The van der Waals surface area contributed by atoms with Crippen LogP contribution in [-0.4, -0.2) is 25.7 Å². The maximum absolute atomic E-state index is 10.6. The van der Waals surface area contributed by atoms with Crippen molar-refractivity contribution in [2.24, 2.45) is 5.14 Å². The summed E-state index contributed by atoms with van der Waals surface area (Å²) in [6.07, 6.45) is 0.882. The molecular weight excluding hydrogens is 222 g/mol. The number of hydrogen-bond acceptors (Lipinski definition) is 5. The average molecular weight is 235 g/mol. The van der Waals surface area contributed by atoms with E-state index >= 15 is 0 Å². The lowest BCUT2D eigenvalue weighted by atomic mass is 10.4. The number of primary sulfonamides is 1. The maximum atomic E-state index is 10.6. The second kappa shape index (κ2) is 4.72. The maximum Gasteiger partial charge on any atom is 0.210 e. The standard InChI is InChI=1S/C7H13N3O2S2/c1-2-6-5-13-7(10-6)9-3-4-14(8,11)12/h5H,2-4H2,1H3,(H,9,10)(H2,8,11,12). The zero-order valence-corrected chi connectivity index (χ0v) is 9.49. The van der Waals surface area contributed by atoms with Crippen LogP contribution >= 0.6 is 11.3 Å². The van der Waals surface area contributed by atoms with Crippen LogP contribution in [0.1, 0.15) is 12.6 Å². The van der Waals surface area contributed by atoms with Crippen LogP contribution in [0, 0.1) is 0 Å². The Bertz CT molecular complexity index is 385. The van der Waals surface area contributed by atoms with Gasteiger partial charge in [0.25, 0.3) is 0 Å². The fourth-order valence-corrected chi connectivity index (χ4v) is 2.06. The van der Waals surface area contributed by atoms with Crippen LogP contribution in [-0.2, 0) is 16.4 Å². The molecule has 0 bridgehead atoms. The van der Waals surface area contributed by atoms with Crippen molar-refractivity contribution >= 4 is 26.5 Å². The predicted octanol–water partition coefficient (Wildman–Crippen LogP) is 0.406. The van der Waals surface area contributed by atoms with Gasteiger partial charge in [0, 0.05) is 11.9 Å². The number of anilines is 1. The second-order valence-electron chi connectivity index (χ2n) is 2.79. The highest BCUT2D eigenvalue weighted by molar-refractivity contribution is 7.89. The quantitative estimate of drug-likeness (QED) is 0.774. The molecule has 0 saturated heterocycles. The molecule has 0 radical (unpaired) electrons. The molecule has 0 atom stereocenters. The predicted molar refractivity (Wildman–Crippen MR) is 58.0 cm³/mol. The second-order valence-corrected chi connectivity index (χ2v) is 5.38. The van der Waals surface area contributed by atoms with E-state index in [1.807, 2.05) is 12.3 Å². The highest BCUT2D eigenvalue weighted by atomic mass is 32.2. The Balaban J connectivity index is 2.39. The minimum Gasteiger partial charge on any atom is -0.360 e. The van der Waals surface area contributed by atoms with Crippen LogP contribution in [0.4, 0.5) is 5.13 Å². The molecule has 0 spiro atoms. The smallest absolute Gasteiger partial charge is 0.210 e. The zero-order chi connectivity index (χ0) is 10.6. The van der Waals surface area contributed by atoms with Crippen molar-refractivity contribution < 1.29 is 8.42 Å². The number of nitrogens with two attached hydrogens (primary N) is 1. The molecule has 14 heavy (non-hydrogen) atoms. The molecule has 0 aliphatic carbocycles. The SMILES string of the molecule is CCc1csc(NCCS(N)(=O)=O)n1. The molecule has 7 heteroatoms. The summed E-state index contributed by atoms with van der Waals surface area (Å²) < 4.78 is 21.2. The fourth-order valence-electron chi connectivity index (χ4n) is 0.851. The lowest BCUT2D eigenvalue weighted by Crippen LogP contribution is -2.22. The van der Waals surface area contributed by atoms with Crippen molar-refractivity contribution in [3.8, 4) is 0 Å². The van der Waals surface area contributed by atoms with Gasteiger partial charge in [-0.15, -0.1) is 11.3 Å². The number of nitrogens with zero attached hydrogens (tertiary/aromatic N) is 1. The van der Waals surface area contributed by atoms with Gasteiger partial charge < -0.3 is 5.32 Å². The summed E-state index contributed by atoms with van der Waals surface area (Å²) >= 11 is 1.47. The zero-order valence-electron chi connectivity index (χ0n) is 7.86. The monoisotopic (exact) mass is 235 g/mol. The van der Waals surface area contributed by atoms with E-state index in [0.29, 0.717) is 6.54 Å². The summed E-state index contributed by atoms with van der Waals surface area (Å²) in [6.45, 7) is 2.32. The average Bonchev–Trinajstić information content (AvgIpc) is 2.50. The molecule has 0 amide bonds. The van der Waals surface area contributed by atoms with Gasteiger partial charge in [0.2, 0.25) is 10.0 Å². The molecule has 1 aromatic heterocycles. The molecule has 0 aliphatic heterocycles. The minimum absolute atomic E-state index is 0.0754. The Hall–Kier alpha value is -0.660. The van der Waals surface area contributed by atoms with E-state index in [0.717, 1.165) is 17.2 Å². The first-order chi connectivity index (χ1) is 6.51. The first kappa shape index (κ1) is 11.4. The molecule has 80 valence electrons. The van der Waals surface area contributed by atoms with Gasteiger partial charge in [-0.3, -0.25) is 0 Å². The van der Waals surface area contributed by atoms with E-state index in [2.05, 4.69) is 10.3 Å². The highest BCUT2D eigenvalue weighted by Crippen LogP contribution is 2.14. The van der Waals surface area contributed by atoms with Gasteiger partial charge in [0.1, 0.15) is 0 Å². The van der Waals surface area contributed by atoms with E-state index in [9.17, 15) is 8.42 Å². The lowest BCUT2D eigenvalue weighted by Gasteiger charge is -1.99. The van der Waals surface area contributed by atoms with Gasteiger partial charge in [-0.25, -0.2) is 18.5 Å². The largest absolute Gasteiger partial charge is 0.360 e. The number of nitrogens with one attached hydrogen (secondary N) is 1. The summed E-state index contributed by atoms with van der Waals surface area (Å²) in [7, 11) is -3.38. The molecule has 0 aromatic carbocycles. The van der Waals surface area contributed by atoms with Gasteiger partial charge in [-0.05, 0) is 6.42 Å². The van der Waals surface area contributed by atoms with Gasteiger partial charge in [0.05, 0.1) is 11.4 Å². The Kier molecular flexibility index (Phi) is 3.85. The first-order valence-corrected chi connectivity index (χ1v) is 6.79. The number of sulfonamides is 1. The Morgan fingerprint density at radius 1 is 1.64 bits per heavy atom. The number of thiazole rings is 1. The Morgan fingerprint density at radius 3 is 2.86 bits per heavy atom. The van der Waals surface area contributed by atoms with Crippen LogP contribution < -0.4 is 10.5 Å². The molecule has 5 nitrogen and oxygen atoms in total. The molecular formula is C7H13N3O2S2. The van der Waals surface area contributed by atoms with Crippen LogP contribution in [0.25, 0.3) is 0 Å². The van der Waals surface area contributed by atoms with E-state index < -0.39 is 10.0 Å². The van der Waals surface area contributed by atoms with E-state index in [4.69, 9.17) is 5.14 Å². The van der Waals surface area contributed by atoms with Crippen molar-refractivity contribution in [3.63, 3.8) is 0 Å². The molecule has 1 heterocycles. The van der Waals surface area contributed by atoms with Crippen molar-refractivity contribution in [3.05, 3.63) is 11.1 Å². The van der Waals surface area contributed by atoms with Crippen molar-refractivity contribution in [2.45, 2.75) is 13.3 Å². The summed E-state index contributed by atoms with van der Waals surface area (Å²) in [5.41, 5.74) is 1.01. The van der Waals surface area contributed by atoms with Crippen LogP contribution in [0.3, 0.4) is 0 Å². The normalized spacial score (nSPS) is 11.6. The number of hydrogen-bond donors (Lipinski definition) is 2. The van der Waals surface area contributed by atoms with Gasteiger partial charge in [-0.2, -0.15) is 0 Å². The highest BCUT2D eigenvalue weighted by Gasteiger charge is 2.03. The van der Waals surface area contributed by atoms with E-state index in [-0.39, 0.29) is 5.75 Å². The van der Waals surface area contributed by atoms with Crippen molar-refractivity contribution in [2.75, 3.05) is 17.6 Å². The van der Waals surface area contributed by atoms with Crippen LogP contribution in [0.5, 0.6) is 0 Å². The van der Waals surface area contributed by atoms with E-state index in [1.165, 1.54) is 11.3 Å². The molecule has 1 rings (SSSR count). The van der Waals surface area contributed by atoms with Crippen molar-refractivity contribution in [1.29, 1.82) is 0 Å². The third-order valence-electron chi connectivity index (χ3n) is 1.58. The number of aromatic nitrogens is 1. The molecule has 0 aliphatic rings. The molecule has 1 aromatic rings. The molecule has 0 fully saturated rings. The topological polar surface area (TPSA) is 85.1 Å². The third-order valence-corrected chi connectivity index (χ3v) is 3.20. The first-order valence-electron chi connectivity index (χ1n) is 4.20. The molecule has 0 unspecified atom stereocenters.